The van der Waals surface area contributed by atoms with Crippen molar-refractivity contribution in [1.29, 1.82) is 0 Å². The molecule has 0 N–H and O–H groups in total. The summed E-state index contributed by atoms with van der Waals surface area (Å²) in [7, 11) is 0. The quantitative estimate of drug-likeness (QED) is 0.305. The molecule has 2 heteroatoms. The first-order valence-electron chi connectivity index (χ1n) is 2.12. The summed E-state index contributed by atoms with van der Waals surface area (Å²) in [5, 5.41) is 0. The molecule has 0 aliphatic rings. The van der Waals surface area contributed by atoms with Crippen molar-refractivity contribution >= 4 is 34.7 Å². The van der Waals surface area contributed by atoms with Crippen LogP contribution in [0.5, 0.6) is 0 Å². The molecule has 0 saturated heterocycles. The summed E-state index contributed by atoms with van der Waals surface area (Å²) in [6.07, 6.45) is 5.08. The molecule has 0 aromatic rings. The molecule has 40 valence electrons. The van der Waals surface area contributed by atoms with E-state index in [1.807, 2.05) is 12.2 Å². The fourth-order valence-electron chi connectivity index (χ4n) is 0.230. The molecule has 0 rings (SSSR count). The van der Waals surface area contributed by atoms with E-state index in [1.165, 1.54) is 0 Å². The molecule has 0 aromatic heterocycles. The molecule has 7 heavy (non-hydrogen) atoms. The number of hydrogen-bond donors (Lipinski definition) is 0. The van der Waals surface area contributed by atoms with Crippen LogP contribution in [0.25, 0.3) is 0 Å². The smallest absolute Gasteiger partial charge is 1.00 e. The summed E-state index contributed by atoms with van der Waals surface area (Å²) >= 11 is 5.29. The van der Waals surface area contributed by atoms with Crippen LogP contribution in [0.4, 0.5) is 0 Å². The topological polar surface area (TPSA) is 0 Å². The number of rotatable bonds is 2. The van der Waals surface area contributed by atoms with Gasteiger partial charge < -0.3 is 2.85 Å². The van der Waals surface area contributed by atoms with Crippen molar-refractivity contribution < 1.29 is 2.85 Å². The van der Waals surface area contributed by atoms with Gasteiger partial charge in [-0.15, -0.1) is 11.6 Å². The van der Waals surface area contributed by atoms with E-state index >= 15 is 0 Å². The molecule has 0 spiro atoms. The van der Waals surface area contributed by atoms with E-state index in [0.717, 1.165) is 6.42 Å². The second-order valence-corrected chi connectivity index (χ2v) is 1.34. The molecule has 0 radical (unpaired) electrons. The zero-order chi connectivity index (χ0) is 4.83. The van der Waals surface area contributed by atoms with Crippen molar-refractivity contribution in [3.63, 3.8) is 0 Å². The first-order chi connectivity index (χ1) is 2.91. The SMILES string of the molecule is CC/C=C/CCl.[H-].[H-].[Mg+2]. The van der Waals surface area contributed by atoms with Crippen LogP contribution < -0.4 is 0 Å². The molecule has 0 unspecified atom stereocenters. The summed E-state index contributed by atoms with van der Waals surface area (Å²) in [6.45, 7) is 2.09. The third-order valence-corrected chi connectivity index (χ3v) is 0.670. The van der Waals surface area contributed by atoms with E-state index in [1.54, 1.807) is 0 Å². The summed E-state index contributed by atoms with van der Waals surface area (Å²) in [5.41, 5.74) is 0. The van der Waals surface area contributed by atoms with Crippen molar-refractivity contribution in [3.8, 4) is 0 Å². The Balaban J connectivity index is -0.0000000417. The van der Waals surface area contributed by atoms with Gasteiger partial charge in [-0.2, -0.15) is 0 Å². The molecule has 0 aliphatic heterocycles. The van der Waals surface area contributed by atoms with Crippen molar-refractivity contribution in [3.05, 3.63) is 12.2 Å². The van der Waals surface area contributed by atoms with Crippen LogP contribution >= 0.6 is 11.6 Å². The maximum atomic E-state index is 5.29. The molecule has 0 bridgehead atoms. The van der Waals surface area contributed by atoms with Crippen LogP contribution in [-0.2, 0) is 0 Å². The standard InChI is InChI=1S/C5H9Cl.Mg.2H/c1-2-3-4-5-6;;;/h3-4H,2,5H2,1H3;;;/q;+2;2*-1/b4-3+;;;. The van der Waals surface area contributed by atoms with E-state index in [9.17, 15) is 0 Å². The summed E-state index contributed by atoms with van der Waals surface area (Å²) in [5.74, 6) is 0.647. The zero-order valence-corrected chi connectivity index (χ0v) is 6.82. The predicted octanol–water partition coefficient (Wildman–Crippen LogP) is 2.04. The summed E-state index contributed by atoms with van der Waals surface area (Å²) in [6, 6.07) is 0. The van der Waals surface area contributed by atoms with E-state index in [-0.39, 0.29) is 25.9 Å². The van der Waals surface area contributed by atoms with Gasteiger partial charge in [0.1, 0.15) is 0 Å². The van der Waals surface area contributed by atoms with E-state index < -0.39 is 0 Å². The van der Waals surface area contributed by atoms with Gasteiger partial charge in [-0.05, 0) is 6.42 Å². The largest absolute Gasteiger partial charge is 2.00 e. The average Bonchev–Trinajstić information content (AvgIpc) is 1.61. The number of allylic oxidation sites excluding steroid dienone is 2. The van der Waals surface area contributed by atoms with E-state index in [2.05, 4.69) is 6.92 Å². The Morgan fingerprint density at radius 2 is 2.14 bits per heavy atom. The third kappa shape index (κ3) is 10.8. The summed E-state index contributed by atoms with van der Waals surface area (Å²) < 4.78 is 0. The van der Waals surface area contributed by atoms with Gasteiger partial charge in [0.05, 0.1) is 0 Å². The molecular formula is C5H11ClMg. The summed E-state index contributed by atoms with van der Waals surface area (Å²) in [4.78, 5) is 0. The van der Waals surface area contributed by atoms with Gasteiger partial charge in [-0.3, -0.25) is 0 Å². The first kappa shape index (κ1) is 10.7. The second kappa shape index (κ2) is 9.93. The molecule has 0 fully saturated rings. The number of hydrogen-bond acceptors (Lipinski definition) is 0. The maximum absolute atomic E-state index is 5.29. The van der Waals surface area contributed by atoms with E-state index in [4.69, 9.17) is 11.6 Å². The second-order valence-electron chi connectivity index (χ2n) is 1.03. The molecule has 0 aliphatic carbocycles. The minimum atomic E-state index is 0. The van der Waals surface area contributed by atoms with Gasteiger partial charge in [0, 0.05) is 5.88 Å². The van der Waals surface area contributed by atoms with Crippen LogP contribution in [0.15, 0.2) is 12.2 Å². The Hall–Kier alpha value is 0.796. The predicted molar refractivity (Wildman–Crippen MR) is 38.1 cm³/mol. The Morgan fingerprint density at radius 3 is 2.29 bits per heavy atom. The molecule has 0 heterocycles. The third-order valence-electron chi connectivity index (χ3n) is 0.491. The molecular weight excluding hydrogens is 120 g/mol. The van der Waals surface area contributed by atoms with Crippen LogP contribution in [0.3, 0.4) is 0 Å². The average molecular weight is 131 g/mol. The normalized spacial score (nSPS) is 8.86. The van der Waals surface area contributed by atoms with Gasteiger partial charge in [-0.25, -0.2) is 0 Å². The Morgan fingerprint density at radius 1 is 1.57 bits per heavy atom. The monoisotopic (exact) mass is 130 g/mol. The van der Waals surface area contributed by atoms with Crippen molar-refractivity contribution in [2.24, 2.45) is 0 Å². The zero-order valence-electron chi connectivity index (χ0n) is 6.65. The van der Waals surface area contributed by atoms with Crippen LogP contribution in [0, 0.1) is 0 Å². The molecule has 0 aromatic carbocycles. The number of alkyl halides is 1. The Bertz CT molecular complexity index is 44.2. The van der Waals surface area contributed by atoms with Gasteiger partial charge >= 0.3 is 23.1 Å². The minimum absolute atomic E-state index is 0. The van der Waals surface area contributed by atoms with Crippen LogP contribution in [-0.4, -0.2) is 28.9 Å². The van der Waals surface area contributed by atoms with Crippen molar-refractivity contribution in [2.45, 2.75) is 13.3 Å². The molecule has 0 saturated carbocycles. The van der Waals surface area contributed by atoms with E-state index in [0.29, 0.717) is 5.88 Å². The van der Waals surface area contributed by atoms with Gasteiger partial charge in [0.2, 0.25) is 0 Å². The van der Waals surface area contributed by atoms with Gasteiger partial charge in [-0.1, -0.05) is 19.1 Å². The fraction of sp³-hybridized carbons (Fsp3) is 0.600. The molecule has 0 nitrogen and oxygen atoms in total. The first-order valence-corrected chi connectivity index (χ1v) is 2.66. The molecule has 0 atom stereocenters. The van der Waals surface area contributed by atoms with Crippen molar-refractivity contribution in [1.82, 2.24) is 0 Å². The fourth-order valence-corrected chi connectivity index (χ4v) is 0.356. The Kier molecular flexibility index (Phi) is 15.2. The Labute approximate surface area is 69.1 Å². The van der Waals surface area contributed by atoms with Crippen LogP contribution in [0.2, 0.25) is 0 Å². The van der Waals surface area contributed by atoms with Gasteiger partial charge in [0.15, 0.2) is 0 Å². The number of halogens is 1. The molecule has 0 amide bonds. The van der Waals surface area contributed by atoms with Crippen LogP contribution in [0.1, 0.15) is 16.2 Å². The van der Waals surface area contributed by atoms with Crippen molar-refractivity contribution in [2.75, 3.05) is 5.88 Å². The van der Waals surface area contributed by atoms with Gasteiger partial charge in [0.25, 0.3) is 0 Å². The minimum Gasteiger partial charge on any atom is -1.00 e. The maximum Gasteiger partial charge on any atom is 2.00 e.